The van der Waals surface area contributed by atoms with Gasteiger partial charge in [0.2, 0.25) is 0 Å². The van der Waals surface area contributed by atoms with Crippen molar-refractivity contribution < 1.29 is 9.53 Å². The van der Waals surface area contributed by atoms with Crippen molar-refractivity contribution in [3.05, 3.63) is 12.2 Å². The van der Waals surface area contributed by atoms with Gasteiger partial charge in [0.05, 0.1) is 7.11 Å². The molecule has 3 heteroatoms. The van der Waals surface area contributed by atoms with E-state index >= 15 is 0 Å². The second-order valence-electron chi connectivity index (χ2n) is 1.40. The molecular formula is C6H9IO2. The molecule has 0 fully saturated rings. The second-order valence-corrected chi connectivity index (χ2v) is 2.48. The predicted molar refractivity (Wildman–Crippen MR) is 44.7 cm³/mol. The van der Waals surface area contributed by atoms with Gasteiger partial charge in [-0.05, 0) is 6.42 Å². The molecule has 0 radical (unpaired) electrons. The van der Waals surface area contributed by atoms with Gasteiger partial charge in [0.1, 0.15) is 0 Å². The summed E-state index contributed by atoms with van der Waals surface area (Å²) in [4.78, 5) is 10.4. The molecule has 0 aromatic rings. The molecule has 0 unspecified atom stereocenters. The van der Waals surface area contributed by atoms with Crippen molar-refractivity contribution in [3.63, 3.8) is 0 Å². The molecule has 0 rings (SSSR count). The molecule has 2 nitrogen and oxygen atoms in total. The Bertz CT molecular complexity index is 110. The zero-order valence-corrected chi connectivity index (χ0v) is 7.42. The van der Waals surface area contributed by atoms with E-state index in [-0.39, 0.29) is 5.97 Å². The van der Waals surface area contributed by atoms with Crippen molar-refractivity contribution in [2.75, 3.05) is 11.5 Å². The quantitative estimate of drug-likeness (QED) is 0.323. The van der Waals surface area contributed by atoms with Crippen LogP contribution in [0.2, 0.25) is 0 Å². The Labute approximate surface area is 68.4 Å². The summed E-state index contributed by atoms with van der Waals surface area (Å²) in [7, 11) is 1.37. The molecule has 0 aliphatic carbocycles. The van der Waals surface area contributed by atoms with E-state index < -0.39 is 0 Å². The zero-order chi connectivity index (χ0) is 7.11. The largest absolute Gasteiger partial charge is 0.466 e. The molecule has 0 spiro atoms. The maximum atomic E-state index is 10.4. The van der Waals surface area contributed by atoms with Crippen LogP contribution in [0.4, 0.5) is 0 Å². The third-order valence-corrected chi connectivity index (χ3v) is 1.35. The molecule has 0 N–H and O–H groups in total. The summed E-state index contributed by atoms with van der Waals surface area (Å²) >= 11 is 2.24. The van der Waals surface area contributed by atoms with E-state index in [1.165, 1.54) is 13.2 Å². The third-order valence-electron chi connectivity index (χ3n) is 0.731. The van der Waals surface area contributed by atoms with Crippen molar-refractivity contribution >= 4 is 28.6 Å². The van der Waals surface area contributed by atoms with Gasteiger partial charge in [0, 0.05) is 10.5 Å². The van der Waals surface area contributed by atoms with Gasteiger partial charge in [-0.15, -0.1) is 0 Å². The molecule has 0 saturated heterocycles. The Morgan fingerprint density at radius 3 is 2.89 bits per heavy atom. The number of hydrogen-bond donors (Lipinski definition) is 0. The molecule has 0 aliphatic heterocycles. The number of ether oxygens (including phenoxy) is 1. The first kappa shape index (κ1) is 8.94. The van der Waals surface area contributed by atoms with E-state index in [0.717, 1.165) is 10.8 Å². The fourth-order valence-electron chi connectivity index (χ4n) is 0.311. The number of hydrogen-bond acceptors (Lipinski definition) is 2. The summed E-state index contributed by atoms with van der Waals surface area (Å²) in [6.07, 6.45) is 4.17. The van der Waals surface area contributed by atoms with Crippen molar-refractivity contribution in [2.45, 2.75) is 6.42 Å². The molecule has 0 aliphatic rings. The van der Waals surface area contributed by atoms with Crippen LogP contribution in [0.15, 0.2) is 12.2 Å². The zero-order valence-electron chi connectivity index (χ0n) is 5.26. The smallest absolute Gasteiger partial charge is 0.330 e. The van der Waals surface area contributed by atoms with E-state index in [1.54, 1.807) is 6.08 Å². The predicted octanol–water partition coefficient (Wildman–Crippen LogP) is 1.54. The van der Waals surface area contributed by atoms with Crippen LogP contribution in [0.25, 0.3) is 0 Å². The van der Waals surface area contributed by atoms with Gasteiger partial charge in [-0.1, -0.05) is 28.7 Å². The Balaban J connectivity index is 3.32. The minimum Gasteiger partial charge on any atom is -0.466 e. The lowest BCUT2D eigenvalue weighted by atomic mass is 10.4. The highest BCUT2D eigenvalue weighted by atomic mass is 127. The Morgan fingerprint density at radius 1 is 1.78 bits per heavy atom. The van der Waals surface area contributed by atoms with Gasteiger partial charge in [0.25, 0.3) is 0 Å². The molecule has 0 atom stereocenters. The first-order valence-electron chi connectivity index (χ1n) is 2.61. The summed E-state index contributed by atoms with van der Waals surface area (Å²) < 4.78 is 5.40. The van der Waals surface area contributed by atoms with Crippen LogP contribution in [-0.2, 0) is 9.53 Å². The standard InChI is InChI=1S/C6H9IO2/c1-9-6(8)4-2-3-5-7/h2,4H,3,5H2,1H3/b4-2+. The number of allylic oxidation sites excluding steroid dienone is 1. The molecule has 0 amide bonds. The third kappa shape index (κ3) is 5.82. The van der Waals surface area contributed by atoms with Crippen LogP contribution in [-0.4, -0.2) is 17.5 Å². The minimum atomic E-state index is -0.278. The maximum Gasteiger partial charge on any atom is 0.330 e. The molecule has 52 valence electrons. The van der Waals surface area contributed by atoms with Crippen molar-refractivity contribution in [1.82, 2.24) is 0 Å². The van der Waals surface area contributed by atoms with Crippen molar-refractivity contribution in [2.24, 2.45) is 0 Å². The first-order chi connectivity index (χ1) is 4.31. The monoisotopic (exact) mass is 240 g/mol. The lowest BCUT2D eigenvalue weighted by molar-refractivity contribution is -0.134. The lowest BCUT2D eigenvalue weighted by Gasteiger charge is -1.87. The van der Waals surface area contributed by atoms with Gasteiger partial charge >= 0.3 is 5.97 Å². The summed E-state index contributed by atoms with van der Waals surface area (Å²) in [6.45, 7) is 0. The van der Waals surface area contributed by atoms with Crippen LogP contribution in [0.1, 0.15) is 6.42 Å². The lowest BCUT2D eigenvalue weighted by Crippen LogP contribution is -1.93. The average Bonchev–Trinajstić information content (AvgIpc) is 1.89. The highest BCUT2D eigenvalue weighted by Gasteiger charge is 1.87. The number of rotatable bonds is 3. The van der Waals surface area contributed by atoms with Gasteiger partial charge in [-0.25, -0.2) is 4.79 Å². The fraction of sp³-hybridized carbons (Fsp3) is 0.500. The van der Waals surface area contributed by atoms with Gasteiger partial charge < -0.3 is 4.74 Å². The Kier molecular flexibility index (Phi) is 6.03. The van der Waals surface area contributed by atoms with E-state index in [9.17, 15) is 4.79 Å². The molecular weight excluding hydrogens is 231 g/mol. The number of alkyl halides is 1. The molecule has 0 bridgehead atoms. The van der Waals surface area contributed by atoms with Gasteiger partial charge in [0.15, 0.2) is 0 Å². The van der Waals surface area contributed by atoms with Crippen LogP contribution >= 0.6 is 22.6 Å². The minimum absolute atomic E-state index is 0.278. The van der Waals surface area contributed by atoms with Crippen LogP contribution < -0.4 is 0 Å². The van der Waals surface area contributed by atoms with E-state index in [4.69, 9.17) is 0 Å². The van der Waals surface area contributed by atoms with E-state index in [2.05, 4.69) is 27.3 Å². The molecule has 0 saturated carbocycles. The second kappa shape index (κ2) is 6.07. The first-order valence-corrected chi connectivity index (χ1v) is 4.14. The van der Waals surface area contributed by atoms with E-state index in [1.807, 2.05) is 0 Å². The molecule has 0 aromatic heterocycles. The number of halogens is 1. The number of methoxy groups -OCH3 is 1. The normalized spacial score (nSPS) is 10.0. The maximum absolute atomic E-state index is 10.4. The van der Waals surface area contributed by atoms with Crippen LogP contribution in [0.3, 0.4) is 0 Å². The SMILES string of the molecule is COC(=O)/C=C/CCI. The summed E-state index contributed by atoms with van der Waals surface area (Å²) in [5, 5.41) is 0. The van der Waals surface area contributed by atoms with Crippen molar-refractivity contribution in [1.29, 1.82) is 0 Å². The highest BCUT2D eigenvalue weighted by molar-refractivity contribution is 14.1. The molecule has 0 heterocycles. The fourth-order valence-corrected chi connectivity index (χ4v) is 0.670. The average molecular weight is 240 g/mol. The van der Waals surface area contributed by atoms with Gasteiger partial charge in [-0.2, -0.15) is 0 Å². The van der Waals surface area contributed by atoms with Crippen molar-refractivity contribution in [3.8, 4) is 0 Å². The van der Waals surface area contributed by atoms with Crippen LogP contribution in [0.5, 0.6) is 0 Å². The summed E-state index contributed by atoms with van der Waals surface area (Å²) in [5.74, 6) is -0.278. The Hall–Kier alpha value is -0.0600. The van der Waals surface area contributed by atoms with Gasteiger partial charge in [-0.3, -0.25) is 0 Å². The highest BCUT2D eigenvalue weighted by Crippen LogP contribution is 1.89. The molecule has 0 aromatic carbocycles. The number of carbonyl (C=O) groups excluding carboxylic acids is 1. The summed E-state index contributed by atoms with van der Waals surface area (Å²) in [6, 6.07) is 0. The van der Waals surface area contributed by atoms with E-state index in [0.29, 0.717) is 0 Å². The number of esters is 1. The Morgan fingerprint density at radius 2 is 2.44 bits per heavy atom. The van der Waals surface area contributed by atoms with Crippen LogP contribution in [0, 0.1) is 0 Å². The topological polar surface area (TPSA) is 26.3 Å². The summed E-state index contributed by atoms with van der Waals surface area (Å²) in [5.41, 5.74) is 0. The number of carbonyl (C=O) groups is 1. The molecule has 9 heavy (non-hydrogen) atoms.